The first-order valence-electron chi connectivity index (χ1n) is 5.03. The molecule has 1 aromatic rings. The third kappa shape index (κ3) is 1.42. The third-order valence-electron chi connectivity index (χ3n) is 3.07. The van der Waals surface area contributed by atoms with Gasteiger partial charge in [0.05, 0.1) is 18.6 Å². The Labute approximate surface area is 99.2 Å². The summed E-state index contributed by atoms with van der Waals surface area (Å²) in [4.78, 5) is 0. The lowest BCUT2D eigenvalue weighted by molar-refractivity contribution is 0.400. The fraction of sp³-hybridized carbons (Fsp3) is 0.417. The summed E-state index contributed by atoms with van der Waals surface area (Å²) in [5, 5.41) is 19.1. The zero-order valence-electron chi connectivity index (χ0n) is 9.17. The number of phenols is 1. The second-order valence-electron chi connectivity index (χ2n) is 4.13. The van der Waals surface area contributed by atoms with E-state index in [1.165, 1.54) is 7.11 Å². The van der Waals surface area contributed by atoms with Gasteiger partial charge in [-0.3, -0.25) is 0 Å². The lowest BCUT2D eigenvalue weighted by atomic mass is 9.94. The maximum Gasteiger partial charge on any atom is 0.146 e. The molecule has 0 radical (unpaired) electrons. The van der Waals surface area contributed by atoms with E-state index in [0.29, 0.717) is 11.3 Å². The first-order chi connectivity index (χ1) is 7.55. The van der Waals surface area contributed by atoms with E-state index in [2.05, 4.69) is 6.07 Å². The Morgan fingerprint density at radius 1 is 1.56 bits per heavy atom. The molecule has 0 heterocycles. The number of halogens is 1. The van der Waals surface area contributed by atoms with Gasteiger partial charge in [0.25, 0.3) is 0 Å². The molecular weight excluding hydrogens is 226 g/mol. The molecule has 1 saturated carbocycles. The summed E-state index contributed by atoms with van der Waals surface area (Å²) in [5.41, 5.74) is 0.994. The fourth-order valence-corrected chi connectivity index (χ4v) is 2.20. The van der Waals surface area contributed by atoms with Crippen molar-refractivity contribution in [2.75, 3.05) is 7.11 Å². The average molecular weight is 238 g/mol. The second-order valence-corrected chi connectivity index (χ2v) is 4.51. The van der Waals surface area contributed by atoms with E-state index in [4.69, 9.17) is 21.6 Å². The topological polar surface area (TPSA) is 53.2 Å². The molecule has 0 bridgehead atoms. The van der Waals surface area contributed by atoms with Crippen LogP contribution in [0.5, 0.6) is 11.5 Å². The number of benzene rings is 1. The Morgan fingerprint density at radius 2 is 2.19 bits per heavy atom. The number of nitriles is 1. The smallest absolute Gasteiger partial charge is 0.146 e. The standard InChI is InChI=1S/C12H12ClNO2/c1-7-5-8(12(6-14)3-4-12)11(16-2)9(13)10(7)15/h5,15H,3-4H2,1-2H3. The molecule has 0 atom stereocenters. The summed E-state index contributed by atoms with van der Waals surface area (Å²) >= 11 is 6.01. The van der Waals surface area contributed by atoms with E-state index < -0.39 is 5.41 Å². The van der Waals surface area contributed by atoms with E-state index in [9.17, 15) is 5.11 Å². The quantitative estimate of drug-likeness (QED) is 0.861. The van der Waals surface area contributed by atoms with Gasteiger partial charge in [-0.25, -0.2) is 0 Å². The summed E-state index contributed by atoms with van der Waals surface area (Å²) in [6.45, 7) is 1.76. The van der Waals surface area contributed by atoms with Crippen LogP contribution in [-0.2, 0) is 5.41 Å². The monoisotopic (exact) mass is 237 g/mol. The van der Waals surface area contributed by atoms with Crippen molar-refractivity contribution >= 4 is 11.6 Å². The van der Waals surface area contributed by atoms with Crippen LogP contribution in [0, 0.1) is 18.3 Å². The highest BCUT2D eigenvalue weighted by molar-refractivity contribution is 6.33. The van der Waals surface area contributed by atoms with Crippen LogP contribution >= 0.6 is 11.6 Å². The van der Waals surface area contributed by atoms with Crippen molar-refractivity contribution < 1.29 is 9.84 Å². The number of phenolic OH excluding ortho intramolecular Hbond substituents is 1. The van der Waals surface area contributed by atoms with E-state index in [0.717, 1.165) is 18.4 Å². The number of rotatable bonds is 2. The highest BCUT2D eigenvalue weighted by atomic mass is 35.5. The van der Waals surface area contributed by atoms with Gasteiger partial charge in [-0.2, -0.15) is 5.26 Å². The molecule has 1 aliphatic rings. The van der Waals surface area contributed by atoms with Gasteiger partial charge in [-0.15, -0.1) is 0 Å². The van der Waals surface area contributed by atoms with Crippen LogP contribution in [0.3, 0.4) is 0 Å². The molecule has 1 aliphatic carbocycles. The molecular formula is C12H12ClNO2. The van der Waals surface area contributed by atoms with Gasteiger partial charge >= 0.3 is 0 Å². The van der Waals surface area contributed by atoms with E-state index in [-0.39, 0.29) is 10.8 Å². The molecule has 84 valence electrons. The van der Waals surface area contributed by atoms with Crippen molar-refractivity contribution in [2.45, 2.75) is 25.2 Å². The molecule has 1 fully saturated rings. The first kappa shape index (κ1) is 11.1. The molecule has 0 unspecified atom stereocenters. The van der Waals surface area contributed by atoms with Gasteiger partial charge < -0.3 is 9.84 Å². The van der Waals surface area contributed by atoms with Crippen LogP contribution in [0.15, 0.2) is 6.07 Å². The van der Waals surface area contributed by atoms with Gasteiger partial charge in [-0.05, 0) is 31.4 Å². The summed E-state index contributed by atoms with van der Waals surface area (Å²) in [7, 11) is 1.49. The Hall–Kier alpha value is -1.40. The zero-order chi connectivity index (χ0) is 11.9. The Kier molecular flexibility index (Phi) is 2.47. The van der Waals surface area contributed by atoms with Crippen molar-refractivity contribution in [1.29, 1.82) is 5.26 Å². The van der Waals surface area contributed by atoms with Gasteiger partial charge in [0.2, 0.25) is 0 Å². The zero-order valence-corrected chi connectivity index (χ0v) is 9.93. The summed E-state index contributed by atoms with van der Waals surface area (Å²) in [6, 6.07) is 4.09. The van der Waals surface area contributed by atoms with Crippen LogP contribution < -0.4 is 4.74 Å². The third-order valence-corrected chi connectivity index (χ3v) is 3.42. The molecule has 0 amide bonds. The number of aromatic hydroxyl groups is 1. The summed E-state index contributed by atoms with van der Waals surface area (Å²) < 4.78 is 5.20. The van der Waals surface area contributed by atoms with Crippen molar-refractivity contribution in [3.8, 4) is 17.6 Å². The molecule has 2 rings (SSSR count). The number of nitrogens with zero attached hydrogens (tertiary/aromatic N) is 1. The Bertz CT molecular complexity index is 487. The lowest BCUT2D eigenvalue weighted by Crippen LogP contribution is -2.06. The Balaban J connectivity index is 2.67. The molecule has 4 heteroatoms. The molecule has 3 nitrogen and oxygen atoms in total. The lowest BCUT2D eigenvalue weighted by Gasteiger charge is -2.16. The van der Waals surface area contributed by atoms with Gasteiger partial charge in [0, 0.05) is 5.56 Å². The van der Waals surface area contributed by atoms with Crippen LogP contribution in [0.1, 0.15) is 24.0 Å². The molecule has 0 aromatic heterocycles. The number of hydrogen-bond acceptors (Lipinski definition) is 3. The predicted molar refractivity (Wildman–Crippen MR) is 60.9 cm³/mol. The Morgan fingerprint density at radius 3 is 2.62 bits per heavy atom. The molecule has 0 spiro atoms. The van der Waals surface area contributed by atoms with Crippen molar-refractivity contribution in [1.82, 2.24) is 0 Å². The summed E-state index contributed by atoms with van der Waals surface area (Å²) in [5.74, 6) is 0.444. The van der Waals surface area contributed by atoms with Crippen molar-refractivity contribution in [3.63, 3.8) is 0 Å². The number of hydrogen-bond donors (Lipinski definition) is 1. The minimum atomic E-state index is -0.465. The highest BCUT2D eigenvalue weighted by Gasteiger charge is 2.47. The van der Waals surface area contributed by atoms with E-state index in [1.54, 1.807) is 13.0 Å². The number of aryl methyl sites for hydroxylation is 1. The minimum Gasteiger partial charge on any atom is -0.506 e. The van der Waals surface area contributed by atoms with Gasteiger partial charge in [0.15, 0.2) is 0 Å². The number of ether oxygens (including phenoxy) is 1. The second kappa shape index (κ2) is 3.57. The normalized spacial score (nSPS) is 16.6. The van der Waals surface area contributed by atoms with Crippen LogP contribution in [-0.4, -0.2) is 12.2 Å². The van der Waals surface area contributed by atoms with Gasteiger partial charge in [-0.1, -0.05) is 11.6 Å². The fourth-order valence-electron chi connectivity index (χ4n) is 1.87. The molecule has 1 N–H and O–H groups in total. The van der Waals surface area contributed by atoms with Crippen molar-refractivity contribution in [3.05, 3.63) is 22.2 Å². The predicted octanol–water partition coefficient (Wildman–Crippen LogP) is 2.92. The largest absolute Gasteiger partial charge is 0.506 e. The van der Waals surface area contributed by atoms with Crippen LogP contribution in [0.25, 0.3) is 0 Å². The first-order valence-corrected chi connectivity index (χ1v) is 5.41. The number of methoxy groups -OCH3 is 1. The van der Waals surface area contributed by atoms with Gasteiger partial charge in [0.1, 0.15) is 16.5 Å². The van der Waals surface area contributed by atoms with Crippen LogP contribution in [0.4, 0.5) is 0 Å². The summed E-state index contributed by atoms with van der Waals surface area (Å²) in [6.07, 6.45) is 1.64. The minimum absolute atomic E-state index is 0.0241. The average Bonchev–Trinajstić information content (AvgIpc) is 3.06. The van der Waals surface area contributed by atoms with Crippen LogP contribution in [0.2, 0.25) is 5.02 Å². The highest BCUT2D eigenvalue weighted by Crippen LogP contribution is 2.54. The maximum atomic E-state index is 9.71. The molecule has 16 heavy (non-hydrogen) atoms. The van der Waals surface area contributed by atoms with E-state index >= 15 is 0 Å². The van der Waals surface area contributed by atoms with Crippen molar-refractivity contribution in [2.24, 2.45) is 0 Å². The van der Waals surface area contributed by atoms with E-state index in [1.807, 2.05) is 0 Å². The molecule has 0 aliphatic heterocycles. The SMILES string of the molecule is COc1c(C2(C#N)CC2)cc(C)c(O)c1Cl. The maximum absolute atomic E-state index is 9.71. The molecule has 1 aromatic carbocycles. The molecule has 0 saturated heterocycles.